The van der Waals surface area contributed by atoms with Crippen LogP contribution in [-0.4, -0.2) is 12.5 Å². The first-order chi connectivity index (χ1) is 14.7. The molecule has 0 aliphatic rings. The van der Waals surface area contributed by atoms with Crippen molar-refractivity contribution in [2.24, 2.45) is 0 Å². The van der Waals surface area contributed by atoms with E-state index in [0.29, 0.717) is 36.8 Å². The minimum Gasteiger partial charge on any atom is -0.493 e. The summed E-state index contributed by atoms with van der Waals surface area (Å²) >= 11 is 0. The third-order valence-corrected chi connectivity index (χ3v) is 4.74. The van der Waals surface area contributed by atoms with E-state index in [1.165, 1.54) is 0 Å². The normalized spacial score (nSPS) is 10.7. The number of nitrogens with one attached hydrogen (secondary N) is 1. The van der Waals surface area contributed by atoms with Crippen molar-refractivity contribution in [1.29, 1.82) is 0 Å². The fourth-order valence-electron chi connectivity index (χ4n) is 3.23. The molecule has 0 bridgehead atoms. The fraction of sp³-hybridized carbons (Fsp3) is 0.160. The third kappa shape index (κ3) is 4.63. The molecule has 30 heavy (non-hydrogen) atoms. The molecule has 0 saturated carbocycles. The monoisotopic (exact) mass is 401 g/mol. The lowest BCUT2D eigenvalue weighted by Crippen LogP contribution is -2.22. The first-order valence-corrected chi connectivity index (χ1v) is 9.91. The van der Waals surface area contributed by atoms with Gasteiger partial charge in [0.25, 0.3) is 5.91 Å². The van der Waals surface area contributed by atoms with Crippen LogP contribution < -0.4 is 14.8 Å². The molecular weight excluding hydrogens is 378 g/mol. The van der Waals surface area contributed by atoms with Crippen molar-refractivity contribution in [2.75, 3.05) is 6.61 Å². The highest BCUT2D eigenvalue weighted by Gasteiger charge is 2.12. The van der Waals surface area contributed by atoms with Gasteiger partial charge in [-0.15, -0.1) is 0 Å². The van der Waals surface area contributed by atoms with Crippen molar-refractivity contribution in [1.82, 2.24) is 5.32 Å². The van der Waals surface area contributed by atoms with Crippen LogP contribution in [0, 0.1) is 0 Å². The highest BCUT2D eigenvalue weighted by atomic mass is 16.5. The van der Waals surface area contributed by atoms with E-state index in [4.69, 9.17) is 13.9 Å². The summed E-state index contributed by atoms with van der Waals surface area (Å²) in [5.74, 6) is 2.00. The van der Waals surface area contributed by atoms with Gasteiger partial charge >= 0.3 is 0 Å². The minimum absolute atomic E-state index is 0.179. The minimum atomic E-state index is -0.179. The molecule has 1 N–H and O–H groups in total. The number of rotatable bonds is 8. The average Bonchev–Trinajstić information content (AvgIpc) is 3.30. The van der Waals surface area contributed by atoms with Gasteiger partial charge in [0.15, 0.2) is 0 Å². The van der Waals surface area contributed by atoms with Crippen LogP contribution in [0.5, 0.6) is 11.5 Å². The lowest BCUT2D eigenvalue weighted by atomic mass is 10.1. The average molecular weight is 401 g/mol. The Labute approximate surface area is 175 Å². The number of amides is 1. The second kappa shape index (κ2) is 9.18. The number of hydrogen-bond acceptors (Lipinski definition) is 4. The van der Waals surface area contributed by atoms with Crippen LogP contribution in [0.3, 0.4) is 0 Å². The summed E-state index contributed by atoms with van der Waals surface area (Å²) in [6, 6.07) is 23.1. The molecule has 4 aromatic rings. The molecule has 1 amide bonds. The van der Waals surface area contributed by atoms with E-state index in [1.807, 2.05) is 55.5 Å². The second-order valence-electron chi connectivity index (χ2n) is 6.82. The first-order valence-electron chi connectivity index (χ1n) is 9.91. The maximum atomic E-state index is 12.5. The fourth-order valence-corrected chi connectivity index (χ4v) is 3.23. The molecule has 4 rings (SSSR count). The first kappa shape index (κ1) is 19.6. The van der Waals surface area contributed by atoms with Gasteiger partial charge in [0, 0.05) is 11.1 Å². The Kier molecular flexibility index (Phi) is 5.99. The van der Waals surface area contributed by atoms with Crippen molar-refractivity contribution in [3.63, 3.8) is 0 Å². The van der Waals surface area contributed by atoms with Crippen molar-refractivity contribution in [3.8, 4) is 11.5 Å². The van der Waals surface area contributed by atoms with Crippen LogP contribution in [0.4, 0.5) is 0 Å². The van der Waals surface area contributed by atoms with Gasteiger partial charge in [-0.05, 0) is 60.2 Å². The van der Waals surface area contributed by atoms with E-state index < -0.39 is 0 Å². The summed E-state index contributed by atoms with van der Waals surface area (Å²) in [7, 11) is 0. The van der Waals surface area contributed by atoms with E-state index in [0.717, 1.165) is 22.1 Å². The van der Waals surface area contributed by atoms with Gasteiger partial charge in [0.05, 0.1) is 19.4 Å². The Morgan fingerprint density at radius 1 is 0.933 bits per heavy atom. The Hall–Kier alpha value is -3.73. The van der Waals surface area contributed by atoms with Crippen LogP contribution in [0.2, 0.25) is 0 Å². The van der Waals surface area contributed by atoms with Crippen LogP contribution in [-0.2, 0) is 13.2 Å². The Morgan fingerprint density at radius 3 is 2.60 bits per heavy atom. The SMILES string of the molecule is CCOc1ccc(C(=O)NCc2ccco2)cc1COc1ccc2ccccc2c1. The quantitative estimate of drug-likeness (QED) is 0.433. The molecule has 0 spiro atoms. The van der Waals surface area contributed by atoms with E-state index in [9.17, 15) is 4.79 Å². The molecule has 1 aromatic heterocycles. The van der Waals surface area contributed by atoms with Gasteiger partial charge in [-0.3, -0.25) is 4.79 Å². The van der Waals surface area contributed by atoms with E-state index in [2.05, 4.69) is 17.4 Å². The van der Waals surface area contributed by atoms with Gasteiger partial charge in [-0.2, -0.15) is 0 Å². The molecule has 0 saturated heterocycles. The summed E-state index contributed by atoms with van der Waals surface area (Å²) in [5, 5.41) is 5.14. The number of furan rings is 1. The second-order valence-corrected chi connectivity index (χ2v) is 6.82. The van der Waals surface area contributed by atoms with E-state index in [1.54, 1.807) is 18.4 Å². The van der Waals surface area contributed by atoms with Gasteiger partial charge in [-0.25, -0.2) is 0 Å². The zero-order valence-electron chi connectivity index (χ0n) is 16.8. The smallest absolute Gasteiger partial charge is 0.251 e. The van der Waals surface area contributed by atoms with E-state index >= 15 is 0 Å². The largest absolute Gasteiger partial charge is 0.493 e. The lowest BCUT2D eigenvalue weighted by Gasteiger charge is -2.14. The van der Waals surface area contributed by atoms with Gasteiger partial charge in [0.1, 0.15) is 23.9 Å². The summed E-state index contributed by atoms with van der Waals surface area (Å²) in [6.07, 6.45) is 1.58. The molecule has 5 heteroatoms. The van der Waals surface area contributed by atoms with Crippen LogP contribution in [0.15, 0.2) is 83.5 Å². The van der Waals surface area contributed by atoms with Crippen molar-refractivity contribution >= 4 is 16.7 Å². The molecule has 0 radical (unpaired) electrons. The predicted molar refractivity (Wildman–Crippen MR) is 116 cm³/mol. The van der Waals surface area contributed by atoms with Crippen LogP contribution in [0.1, 0.15) is 28.6 Å². The zero-order valence-corrected chi connectivity index (χ0v) is 16.8. The molecule has 0 aliphatic heterocycles. The molecule has 5 nitrogen and oxygen atoms in total. The highest BCUT2D eigenvalue weighted by Crippen LogP contribution is 2.25. The topological polar surface area (TPSA) is 60.7 Å². The molecule has 0 aliphatic carbocycles. The van der Waals surface area contributed by atoms with Crippen molar-refractivity contribution in [3.05, 3.63) is 95.9 Å². The summed E-state index contributed by atoms with van der Waals surface area (Å²) < 4.78 is 17.0. The maximum absolute atomic E-state index is 12.5. The zero-order chi connectivity index (χ0) is 20.8. The number of carbonyl (C=O) groups is 1. The maximum Gasteiger partial charge on any atom is 0.251 e. The summed E-state index contributed by atoms with van der Waals surface area (Å²) in [5.41, 5.74) is 1.36. The standard InChI is InChI=1S/C25H23NO4/c1-2-28-24-12-10-20(25(27)26-16-23-8-5-13-29-23)14-21(24)17-30-22-11-9-18-6-3-4-7-19(18)15-22/h3-15H,2,16-17H2,1H3,(H,26,27). The Bertz CT molecular complexity index is 1140. The molecular formula is C25H23NO4. The molecule has 0 atom stereocenters. The van der Waals surface area contributed by atoms with Gasteiger partial charge in [0.2, 0.25) is 0 Å². The molecule has 3 aromatic carbocycles. The predicted octanol–water partition coefficient (Wildman–Crippen LogP) is 5.34. The third-order valence-electron chi connectivity index (χ3n) is 4.74. The van der Waals surface area contributed by atoms with Crippen LogP contribution in [0.25, 0.3) is 10.8 Å². The molecule has 1 heterocycles. The number of fused-ring (bicyclic) bond motifs is 1. The highest BCUT2D eigenvalue weighted by molar-refractivity contribution is 5.94. The lowest BCUT2D eigenvalue weighted by molar-refractivity contribution is 0.0948. The number of hydrogen-bond donors (Lipinski definition) is 1. The number of carbonyl (C=O) groups excluding carboxylic acids is 1. The number of benzene rings is 3. The number of ether oxygens (including phenoxy) is 2. The van der Waals surface area contributed by atoms with Crippen molar-refractivity contribution in [2.45, 2.75) is 20.1 Å². The van der Waals surface area contributed by atoms with E-state index in [-0.39, 0.29) is 5.91 Å². The van der Waals surface area contributed by atoms with Gasteiger partial charge in [-0.1, -0.05) is 30.3 Å². The molecule has 152 valence electrons. The van der Waals surface area contributed by atoms with Crippen LogP contribution >= 0.6 is 0 Å². The Morgan fingerprint density at radius 2 is 1.80 bits per heavy atom. The molecule has 0 unspecified atom stereocenters. The Balaban J connectivity index is 1.49. The van der Waals surface area contributed by atoms with Gasteiger partial charge < -0.3 is 19.2 Å². The summed E-state index contributed by atoms with van der Waals surface area (Å²) in [6.45, 7) is 3.10. The van der Waals surface area contributed by atoms with Crippen molar-refractivity contribution < 1.29 is 18.7 Å². The molecule has 0 fully saturated rings. The summed E-state index contributed by atoms with van der Waals surface area (Å²) in [4.78, 5) is 12.5.